The normalized spacial score (nSPS) is 36.8. The van der Waals surface area contributed by atoms with Crippen molar-refractivity contribution < 1.29 is 9.53 Å². The molecule has 1 saturated carbocycles. The summed E-state index contributed by atoms with van der Waals surface area (Å²) in [4.78, 5) is 16.7. The van der Waals surface area contributed by atoms with E-state index < -0.39 is 11.1 Å². The fourth-order valence-electron chi connectivity index (χ4n) is 5.08. The molecule has 6 nitrogen and oxygen atoms in total. The first kappa shape index (κ1) is 17.2. The molecule has 6 heteroatoms. The van der Waals surface area contributed by atoms with Crippen LogP contribution in [-0.2, 0) is 9.53 Å². The number of cyclic esters (lactones) is 1. The zero-order chi connectivity index (χ0) is 18.5. The van der Waals surface area contributed by atoms with Gasteiger partial charge >= 0.3 is 5.97 Å². The predicted octanol–water partition coefficient (Wildman–Crippen LogP) is 1.91. The molecule has 0 saturated heterocycles. The Balaban J connectivity index is 1.81. The third-order valence-electron chi connectivity index (χ3n) is 6.23. The standard InChI is InChI=1S/C20H26N4O2/c1-12-17-15(18(25)26-12)10-19(22)8-3-2-4-16(19)20(17,23)9-7-14-6-5-13(21)11-24-14/h5-7,9,11-12,16H,2-4,8,10,21-23H2,1H3/b9-7+/t12-,16?,19-,20-/m1/s1. The molecule has 2 aliphatic carbocycles. The van der Waals surface area contributed by atoms with Gasteiger partial charge in [0.2, 0.25) is 0 Å². The highest BCUT2D eigenvalue weighted by atomic mass is 16.5. The topological polar surface area (TPSA) is 117 Å². The second-order valence-electron chi connectivity index (χ2n) is 7.93. The number of esters is 1. The monoisotopic (exact) mass is 354 g/mol. The molecule has 0 spiro atoms. The molecule has 1 aromatic rings. The summed E-state index contributed by atoms with van der Waals surface area (Å²) in [5.74, 6) is -0.195. The van der Waals surface area contributed by atoms with Crippen LogP contribution < -0.4 is 17.2 Å². The number of carbonyl (C=O) groups is 1. The lowest BCUT2D eigenvalue weighted by atomic mass is 9.55. The van der Waals surface area contributed by atoms with E-state index in [0.29, 0.717) is 17.7 Å². The molecule has 138 valence electrons. The fourth-order valence-corrected chi connectivity index (χ4v) is 5.08. The lowest BCUT2D eigenvalue weighted by Crippen LogP contribution is -2.65. The van der Waals surface area contributed by atoms with E-state index in [0.717, 1.165) is 37.0 Å². The van der Waals surface area contributed by atoms with Gasteiger partial charge in [0, 0.05) is 22.6 Å². The SMILES string of the molecule is C[C@H]1OC(=O)C2=C1[C@@](N)(/C=C/c1ccc(N)cn1)C1CCCC[C@@]1(N)C2. The molecule has 0 radical (unpaired) electrons. The Bertz CT molecular complexity index is 801. The third-order valence-corrected chi connectivity index (χ3v) is 6.23. The Morgan fingerprint density at radius 3 is 2.85 bits per heavy atom. The number of nitrogens with two attached hydrogens (primary N) is 3. The number of rotatable bonds is 2. The maximum absolute atomic E-state index is 12.4. The van der Waals surface area contributed by atoms with Crippen molar-refractivity contribution in [2.45, 2.75) is 56.2 Å². The van der Waals surface area contributed by atoms with E-state index >= 15 is 0 Å². The quantitative estimate of drug-likeness (QED) is 0.698. The Hall–Kier alpha value is -2.18. The summed E-state index contributed by atoms with van der Waals surface area (Å²) in [5, 5.41) is 0. The zero-order valence-corrected chi connectivity index (χ0v) is 15.1. The van der Waals surface area contributed by atoms with E-state index in [4.69, 9.17) is 21.9 Å². The van der Waals surface area contributed by atoms with Crippen LogP contribution in [0.5, 0.6) is 0 Å². The highest BCUT2D eigenvalue weighted by molar-refractivity contribution is 5.94. The van der Waals surface area contributed by atoms with E-state index in [-0.39, 0.29) is 18.0 Å². The summed E-state index contributed by atoms with van der Waals surface area (Å²) in [7, 11) is 0. The lowest BCUT2D eigenvalue weighted by Gasteiger charge is -2.53. The van der Waals surface area contributed by atoms with Gasteiger partial charge in [0.15, 0.2) is 0 Å². The van der Waals surface area contributed by atoms with Crippen molar-refractivity contribution in [1.82, 2.24) is 4.98 Å². The average molecular weight is 354 g/mol. The van der Waals surface area contributed by atoms with Crippen molar-refractivity contribution in [3.05, 3.63) is 41.2 Å². The highest BCUT2D eigenvalue weighted by Crippen LogP contribution is 2.52. The molecule has 3 aliphatic rings. The molecule has 4 rings (SSSR count). The van der Waals surface area contributed by atoms with Crippen LogP contribution in [0, 0.1) is 5.92 Å². The van der Waals surface area contributed by atoms with Gasteiger partial charge in [-0.25, -0.2) is 4.79 Å². The minimum atomic E-state index is -0.808. The predicted molar refractivity (Wildman–Crippen MR) is 101 cm³/mol. The van der Waals surface area contributed by atoms with Gasteiger partial charge in [-0.1, -0.05) is 18.9 Å². The molecule has 1 fully saturated rings. The van der Waals surface area contributed by atoms with Crippen LogP contribution in [0.1, 0.15) is 44.7 Å². The molecular formula is C20H26N4O2. The number of ether oxygens (including phenoxy) is 1. The van der Waals surface area contributed by atoms with Crippen molar-refractivity contribution in [3.8, 4) is 0 Å². The number of aromatic nitrogens is 1. The molecule has 6 N–H and O–H groups in total. The van der Waals surface area contributed by atoms with Gasteiger partial charge in [0.25, 0.3) is 0 Å². The highest BCUT2D eigenvalue weighted by Gasteiger charge is 2.57. The third kappa shape index (κ3) is 2.56. The zero-order valence-electron chi connectivity index (χ0n) is 15.1. The second-order valence-corrected chi connectivity index (χ2v) is 7.93. The van der Waals surface area contributed by atoms with E-state index in [1.54, 1.807) is 12.3 Å². The number of carbonyl (C=O) groups excluding carboxylic acids is 1. The summed E-state index contributed by atoms with van der Waals surface area (Å²) >= 11 is 0. The molecule has 1 unspecified atom stereocenters. The van der Waals surface area contributed by atoms with Crippen molar-refractivity contribution >= 4 is 17.7 Å². The van der Waals surface area contributed by atoms with Crippen LogP contribution >= 0.6 is 0 Å². The Labute approximate surface area is 153 Å². The molecule has 1 aliphatic heterocycles. The summed E-state index contributed by atoms with van der Waals surface area (Å²) in [6, 6.07) is 3.66. The van der Waals surface area contributed by atoms with Crippen molar-refractivity contribution in [1.29, 1.82) is 0 Å². The van der Waals surface area contributed by atoms with Crippen molar-refractivity contribution in [2.75, 3.05) is 5.73 Å². The summed E-state index contributed by atoms with van der Waals surface area (Å²) in [6.45, 7) is 1.89. The van der Waals surface area contributed by atoms with E-state index in [1.807, 2.05) is 25.1 Å². The number of hydrogen-bond acceptors (Lipinski definition) is 6. The molecule has 0 aromatic carbocycles. The van der Waals surface area contributed by atoms with Crippen LogP contribution in [-0.4, -0.2) is 28.1 Å². The number of nitrogen functional groups attached to an aromatic ring is 1. The van der Waals surface area contributed by atoms with Crippen LogP contribution in [0.15, 0.2) is 35.6 Å². The van der Waals surface area contributed by atoms with Crippen LogP contribution in [0.25, 0.3) is 6.08 Å². The van der Waals surface area contributed by atoms with Crippen molar-refractivity contribution in [3.63, 3.8) is 0 Å². The summed E-state index contributed by atoms with van der Waals surface area (Å²) in [5.41, 5.74) is 21.2. The Morgan fingerprint density at radius 2 is 2.12 bits per heavy atom. The van der Waals surface area contributed by atoms with Crippen LogP contribution in [0.4, 0.5) is 5.69 Å². The minimum absolute atomic E-state index is 0.0736. The first-order valence-corrected chi connectivity index (χ1v) is 9.26. The average Bonchev–Trinajstić information content (AvgIpc) is 2.88. The van der Waals surface area contributed by atoms with Gasteiger partial charge in [-0.2, -0.15) is 0 Å². The van der Waals surface area contributed by atoms with Gasteiger partial charge < -0.3 is 21.9 Å². The van der Waals surface area contributed by atoms with Gasteiger partial charge in [0.05, 0.1) is 23.1 Å². The van der Waals surface area contributed by atoms with E-state index in [9.17, 15) is 4.79 Å². The molecule has 1 aromatic heterocycles. The maximum atomic E-state index is 12.4. The number of nitrogens with zero attached hydrogens (tertiary/aromatic N) is 1. The van der Waals surface area contributed by atoms with E-state index in [2.05, 4.69) is 4.98 Å². The number of pyridine rings is 1. The number of anilines is 1. The summed E-state index contributed by atoms with van der Waals surface area (Å²) < 4.78 is 5.51. The van der Waals surface area contributed by atoms with E-state index in [1.165, 1.54) is 0 Å². The van der Waals surface area contributed by atoms with Gasteiger partial charge in [-0.15, -0.1) is 0 Å². The Morgan fingerprint density at radius 1 is 1.31 bits per heavy atom. The lowest BCUT2D eigenvalue weighted by molar-refractivity contribution is -0.139. The smallest absolute Gasteiger partial charge is 0.334 e. The second kappa shape index (κ2) is 5.93. The Kier molecular flexibility index (Phi) is 3.93. The first-order chi connectivity index (χ1) is 12.3. The largest absolute Gasteiger partial charge is 0.455 e. The van der Waals surface area contributed by atoms with Gasteiger partial charge in [0.1, 0.15) is 6.10 Å². The summed E-state index contributed by atoms with van der Waals surface area (Å²) in [6.07, 6.45) is 9.72. The minimum Gasteiger partial charge on any atom is -0.455 e. The molecule has 26 heavy (non-hydrogen) atoms. The molecule has 4 atom stereocenters. The van der Waals surface area contributed by atoms with Gasteiger partial charge in [-0.3, -0.25) is 4.98 Å². The molecule has 0 amide bonds. The van der Waals surface area contributed by atoms with Crippen LogP contribution in [0.3, 0.4) is 0 Å². The number of fused-ring (bicyclic) bond motifs is 1. The number of hydrogen-bond donors (Lipinski definition) is 3. The first-order valence-electron chi connectivity index (χ1n) is 9.26. The maximum Gasteiger partial charge on any atom is 0.334 e. The molecule has 2 heterocycles. The van der Waals surface area contributed by atoms with Gasteiger partial charge in [-0.05, 0) is 44.4 Å². The fraction of sp³-hybridized carbons (Fsp3) is 0.500. The van der Waals surface area contributed by atoms with Crippen molar-refractivity contribution in [2.24, 2.45) is 17.4 Å². The molecular weight excluding hydrogens is 328 g/mol. The molecule has 0 bridgehead atoms. The van der Waals surface area contributed by atoms with Crippen LogP contribution in [0.2, 0.25) is 0 Å².